The molecule has 3 rings (SSSR count). The van der Waals surface area contributed by atoms with Crippen molar-refractivity contribution < 1.29 is 103 Å². The van der Waals surface area contributed by atoms with E-state index in [2.05, 4.69) is 25.0 Å². The quantitative estimate of drug-likeness (QED) is 0.0847. The Morgan fingerprint density at radius 1 is 0.830 bits per heavy atom. The third-order valence-electron chi connectivity index (χ3n) is 6.28. The van der Waals surface area contributed by atoms with Crippen molar-refractivity contribution >= 4 is 72.6 Å². The Bertz CT molecular complexity index is 1300. The van der Waals surface area contributed by atoms with Crippen molar-refractivity contribution in [1.82, 2.24) is 0 Å². The lowest BCUT2D eigenvalue weighted by atomic mass is 9.51. The zero-order valence-electron chi connectivity index (χ0n) is 23.6. The number of aliphatic hydroxyl groups is 1. The number of ether oxygens (including phenoxy) is 3. The van der Waals surface area contributed by atoms with Gasteiger partial charge in [-0.05, 0) is 12.8 Å². The van der Waals surface area contributed by atoms with E-state index in [0.29, 0.717) is 0 Å². The number of rotatable bonds is 19. The fraction of sp³-hybridized carbons (Fsp3) is 1.00. The monoisotopic (exact) mass is 793 g/mol. The van der Waals surface area contributed by atoms with Gasteiger partial charge in [0.2, 0.25) is 0 Å². The summed E-state index contributed by atoms with van der Waals surface area (Å²) in [4.78, 5) is 65.6. The van der Waals surface area contributed by atoms with E-state index in [9.17, 15) is 52.2 Å². The second-order valence-corrected chi connectivity index (χ2v) is 18.4. The molecule has 0 amide bonds. The molecule has 47 heavy (non-hydrogen) atoms. The Kier molecular flexibility index (Phi) is 15.6. The molecule has 0 aromatic rings. The highest BCUT2D eigenvalue weighted by Gasteiger charge is 2.43. The first-order valence-electron chi connectivity index (χ1n) is 13.0. The average Bonchev–Trinajstić information content (AvgIpc) is 3.58. The van der Waals surface area contributed by atoms with E-state index >= 15 is 0 Å². The second-order valence-electron chi connectivity index (χ2n) is 9.96. The maximum Gasteiger partial charge on any atom is 0.472 e. The number of hydrogen-bond donors (Lipinski definition) is 3. The molecule has 3 aliphatic heterocycles. The Morgan fingerprint density at radius 3 is 2.02 bits per heavy atom. The topological polar surface area (TPSA) is 314 Å². The average molecular weight is 793 g/mol. The Hall–Kier alpha value is 1.01. The van der Waals surface area contributed by atoms with Crippen LogP contribution in [-0.4, -0.2) is 119 Å². The Labute approximate surface area is 275 Å². The summed E-state index contributed by atoms with van der Waals surface area (Å²) < 4.78 is 107. The molecule has 0 aromatic heterocycles. The van der Waals surface area contributed by atoms with Crippen LogP contribution in [0, 0.1) is 0 Å². The van der Waals surface area contributed by atoms with Gasteiger partial charge in [0, 0.05) is 26.2 Å². The maximum atomic E-state index is 12.8. The number of aliphatic hydroxyl groups excluding tert-OH is 1. The third kappa shape index (κ3) is 14.5. The third-order valence-corrected chi connectivity index (χ3v) is 12.9. The summed E-state index contributed by atoms with van der Waals surface area (Å²) in [5, 5.41) is 9.90. The summed E-state index contributed by atoms with van der Waals surface area (Å²) in [7, 11) is -9.96. The van der Waals surface area contributed by atoms with Crippen LogP contribution in [-0.2, 0) is 75.5 Å². The van der Waals surface area contributed by atoms with Crippen LogP contribution in [0.3, 0.4) is 0 Å². The summed E-state index contributed by atoms with van der Waals surface area (Å²) in [5.74, 6) is 0. The molecule has 0 aromatic carbocycles. The van der Waals surface area contributed by atoms with Gasteiger partial charge in [-0.1, -0.05) is 11.8 Å². The van der Waals surface area contributed by atoms with Crippen LogP contribution in [0.1, 0.15) is 19.3 Å². The van der Waals surface area contributed by atoms with Crippen molar-refractivity contribution in [3.05, 3.63) is 0 Å². The summed E-state index contributed by atoms with van der Waals surface area (Å²) in [6, 6.07) is -2.08. The smallest absolute Gasteiger partial charge is 0.472 e. The largest absolute Gasteiger partial charge is 0.779 e. The molecule has 0 saturated carbocycles. The van der Waals surface area contributed by atoms with E-state index in [1.165, 1.54) is 0 Å². The summed E-state index contributed by atoms with van der Waals surface area (Å²) in [6.45, 7) is -8.48. The summed E-state index contributed by atoms with van der Waals surface area (Å²) in [6.07, 6.45) is -9.46. The molecular weight excluding hydrogens is 767 g/mol. The first-order chi connectivity index (χ1) is 21.5. The maximum absolute atomic E-state index is 12.8. The lowest BCUT2D eigenvalue weighted by Gasteiger charge is -2.36. The zero-order valence-corrected chi connectivity index (χ0v) is 28.9. The van der Waals surface area contributed by atoms with Crippen LogP contribution in [0.4, 0.5) is 4.39 Å². The van der Waals surface area contributed by atoms with Gasteiger partial charge in [-0.25, -0.2) is 13.3 Å². The number of halogens is 1. The van der Waals surface area contributed by atoms with Crippen LogP contribution < -0.4 is 19.6 Å². The molecular formula is C16H26B3FO21P5S-4. The Morgan fingerprint density at radius 2 is 1.43 bits per heavy atom. The van der Waals surface area contributed by atoms with Gasteiger partial charge >= 0.3 is 7.82 Å². The van der Waals surface area contributed by atoms with Gasteiger partial charge in [0.1, 0.15) is 39.6 Å². The molecule has 3 fully saturated rings. The highest BCUT2D eigenvalue weighted by atomic mass is 32.5. The number of hydrogen-bond acceptors (Lipinski definition) is 20. The minimum atomic E-state index is -6.00. The van der Waals surface area contributed by atoms with Crippen LogP contribution >= 0.6 is 38.0 Å². The Balaban J connectivity index is 1.54. The molecule has 3 saturated heterocycles. The van der Waals surface area contributed by atoms with Gasteiger partial charge in [0.15, 0.2) is 0 Å². The van der Waals surface area contributed by atoms with Crippen molar-refractivity contribution in [3.63, 3.8) is 0 Å². The number of phosphoric acid groups is 4. The van der Waals surface area contributed by atoms with Crippen LogP contribution in [0.2, 0.25) is 0 Å². The lowest BCUT2D eigenvalue weighted by molar-refractivity contribution is -0.244. The first kappa shape index (κ1) is 42.4. The highest BCUT2D eigenvalue weighted by molar-refractivity contribution is 8.07. The second kappa shape index (κ2) is 17.2. The van der Waals surface area contributed by atoms with Crippen LogP contribution in [0.15, 0.2) is 0 Å². The summed E-state index contributed by atoms with van der Waals surface area (Å²) >= 11 is 4.32. The fourth-order valence-corrected chi connectivity index (χ4v) is 10.1. The minimum Gasteiger partial charge on any atom is -0.779 e. The SMILES string of the molecule is [B][B][C@H]1C[C@H](OP(=O)(O)OC[C@H]2O[C@@H](CF)C[C@@H]2O)[C@@H](COP(=O)([O-])O[C@H]2C[C@H]([B])O[C@@H]2COP([O-])(=S)OP(=O)([O-])OP(=O)([O-])O)O1. The molecule has 5 radical (unpaired) electrons. The van der Waals surface area contributed by atoms with Crippen LogP contribution in [0.25, 0.3) is 0 Å². The van der Waals surface area contributed by atoms with Crippen molar-refractivity contribution in [1.29, 1.82) is 0 Å². The van der Waals surface area contributed by atoms with Gasteiger partial charge in [-0.2, -0.15) is 0 Å². The van der Waals surface area contributed by atoms with Crippen molar-refractivity contribution in [2.75, 3.05) is 26.5 Å². The predicted octanol–water partition coefficient (Wildman–Crippen LogP) is -3.40. The van der Waals surface area contributed by atoms with E-state index in [1.807, 2.05) is 0 Å². The van der Waals surface area contributed by atoms with E-state index in [0.717, 1.165) is 7.17 Å². The van der Waals surface area contributed by atoms with Gasteiger partial charge in [0.25, 0.3) is 23.5 Å². The van der Waals surface area contributed by atoms with Gasteiger partial charge in [-0.3, -0.25) is 27.1 Å². The van der Waals surface area contributed by atoms with E-state index in [-0.39, 0.29) is 19.3 Å². The molecule has 3 aliphatic rings. The lowest BCUT2D eigenvalue weighted by Crippen LogP contribution is -2.33. The zero-order chi connectivity index (χ0) is 35.4. The van der Waals surface area contributed by atoms with E-state index in [1.54, 1.807) is 0 Å². The molecule has 31 heteroatoms. The molecule has 267 valence electrons. The molecule has 0 aliphatic carbocycles. The normalized spacial score (nSPS) is 37.7. The molecule has 21 nitrogen and oxygen atoms in total. The number of alkyl halides is 1. The standard InChI is InChI=1S/C16H30B3FO21P5S/c17-15-2-10(13(36-15)7-34-46(31,47)41-45(29,30)40-42(22,23)24)38-44(27,28)33-6-14-11(3-16(19-18)37-14)39-43(25,26)32-5-12-9(21)1-8(4-20)35-12/h8-16,21H,1-7H2,(H,25,26)(H,27,28)(H,29,30)(H,31,47)(H2,22,23,24)/p-4/t8-,9+,10+,11+,12-,13-,14-,15-,16-,46?/m1/s1. The van der Waals surface area contributed by atoms with Gasteiger partial charge in [-0.15, -0.1) is 0 Å². The first-order valence-corrected chi connectivity index (χ1v) is 21.5. The summed E-state index contributed by atoms with van der Waals surface area (Å²) in [5.41, 5.74) is 0. The molecule has 5 unspecified atom stereocenters. The molecule has 0 spiro atoms. The number of phosphoric ester groups is 2. The van der Waals surface area contributed by atoms with E-state index in [4.69, 9.17) is 52.8 Å². The van der Waals surface area contributed by atoms with Gasteiger partial charge in [0.05, 0.1) is 51.4 Å². The predicted molar refractivity (Wildman–Crippen MR) is 148 cm³/mol. The van der Waals surface area contributed by atoms with Gasteiger partial charge < -0.3 is 62.2 Å². The van der Waals surface area contributed by atoms with Crippen molar-refractivity contribution in [3.8, 4) is 0 Å². The molecule has 14 atom stereocenters. The molecule has 3 heterocycles. The highest BCUT2D eigenvalue weighted by Crippen LogP contribution is 2.61. The fourth-order valence-electron chi connectivity index (χ4n) is 4.38. The van der Waals surface area contributed by atoms with Crippen molar-refractivity contribution in [2.45, 2.75) is 74.0 Å². The minimum absolute atomic E-state index is 0.0574. The van der Waals surface area contributed by atoms with Crippen LogP contribution in [0.5, 0.6) is 0 Å². The molecule has 0 bridgehead atoms. The van der Waals surface area contributed by atoms with E-state index < -0.39 is 119 Å². The van der Waals surface area contributed by atoms with Crippen molar-refractivity contribution in [2.24, 2.45) is 0 Å². The molecule has 3 N–H and O–H groups in total.